The van der Waals surface area contributed by atoms with Gasteiger partial charge in [0.05, 0.1) is 17.2 Å². The third-order valence-electron chi connectivity index (χ3n) is 3.53. The molecule has 2 aromatic rings. The van der Waals surface area contributed by atoms with Crippen LogP contribution in [0.3, 0.4) is 0 Å². The standard InChI is InChI=1S/C13H15N5O2/c1-9-11(5-14-7-15-9)13-17-16-12(20-13)10-3-2-4-18(6-10)8-19/h5,7-8,10H,2-4,6H2,1H3/t10-/m1/s1. The Balaban J connectivity index is 1.83. The lowest BCUT2D eigenvalue weighted by Crippen LogP contribution is -2.33. The second-order valence-electron chi connectivity index (χ2n) is 4.91. The molecule has 2 aromatic heterocycles. The number of hydrogen-bond donors (Lipinski definition) is 0. The van der Waals surface area contributed by atoms with E-state index in [9.17, 15) is 4.79 Å². The van der Waals surface area contributed by atoms with Crippen molar-refractivity contribution >= 4 is 6.41 Å². The van der Waals surface area contributed by atoms with E-state index >= 15 is 0 Å². The van der Waals surface area contributed by atoms with Crippen LogP contribution < -0.4 is 0 Å². The molecule has 1 amide bonds. The largest absolute Gasteiger partial charge is 0.420 e. The van der Waals surface area contributed by atoms with Crippen molar-refractivity contribution in [3.8, 4) is 11.5 Å². The molecule has 0 saturated carbocycles. The van der Waals surface area contributed by atoms with E-state index in [-0.39, 0.29) is 5.92 Å². The number of aromatic nitrogens is 4. The van der Waals surface area contributed by atoms with Gasteiger partial charge in [-0.15, -0.1) is 10.2 Å². The first-order chi connectivity index (χ1) is 9.78. The van der Waals surface area contributed by atoms with E-state index in [1.807, 2.05) is 6.92 Å². The highest BCUT2D eigenvalue weighted by molar-refractivity contribution is 5.53. The van der Waals surface area contributed by atoms with Crippen LogP contribution in [-0.4, -0.2) is 44.6 Å². The zero-order valence-corrected chi connectivity index (χ0v) is 11.2. The average molecular weight is 273 g/mol. The maximum atomic E-state index is 10.9. The second-order valence-corrected chi connectivity index (χ2v) is 4.91. The predicted octanol–water partition coefficient (Wildman–Crippen LogP) is 1.17. The lowest BCUT2D eigenvalue weighted by Gasteiger charge is -2.27. The molecule has 0 radical (unpaired) electrons. The Kier molecular flexibility index (Phi) is 3.41. The average Bonchev–Trinajstić information content (AvgIpc) is 2.97. The smallest absolute Gasteiger partial charge is 0.251 e. The first-order valence-corrected chi connectivity index (χ1v) is 6.57. The Morgan fingerprint density at radius 3 is 3.15 bits per heavy atom. The van der Waals surface area contributed by atoms with Gasteiger partial charge < -0.3 is 9.32 Å². The molecule has 0 spiro atoms. The summed E-state index contributed by atoms with van der Waals surface area (Å²) in [4.78, 5) is 20.7. The SMILES string of the molecule is Cc1ncncc1-c1nnc([C@@H]2CCCN(C=O)C2)o1. The van der Waals surface area contributed by atoms with E-state index in [1.165, 1.54) is 6.33 Å². The summed E-state index contributed by atoms with van der Waals surface area (Å²) >= 11 is 0. The van der Waals surface area contributed by atoms with E-state index in [0.717, 1.165) is 37.1 Å². The Morgan fingerprint density at radius 2 is 2.35 bits per heavy atom. The van der Waals surface area contributed by atoms with Crippen LogP contribution in [-0.2, 0) is 4.79 Å². The van der Waals surface area contributed by atoms with Gasteiger partial charge in [0.25, 0.3) is 5.89 Å². The molecule has 3 heterocycles. The highest BCUT2D eigenvalue weighted by Crippen LogP contribution is 2.28. The van der Waals surface area contributed by atoms with E-state index < -0.39 is 0 Å². The van der Waals surface area contributed by atoms with Crippen molar-refractivity contribution in [3.05, 3.63) is 24.1 Å². The molecular formula is C13H15N5O2. The third-order valence-corrected chi connectivity index (χ3v) is 3.53. The van der Waals surface area contributed by atoms with Crippen LogP contribution in [0.2, 0.25) is 0 Å². The third kappa shape index (κ3) is 2.38. The number of carbonyl (C=O) groups is 1. The van der Waals surface area contributed by atoms with Gasteiger partial charge in [-0.1, -0.05) is 0 Å². The van der Waals surface area contributed by atoms with Gasteiger partial charge in [0, 0.05) is 19.3 Å². The lowest BCUT2D eigenvalue weighted by atomic mass is 9.99. The van der Waals surface area contributed by atoms with E-state index in [4.69, 9.17) is 4.42 Å². The number of carbonyl (C=O) groups excluding carboxylic acids is 1. The number of aryl methyl sites for hydroxylation is 1. The highest BCUT2D eigenvalue weighted by atomic mass is 16.4. The first kappa shape index (κ1) is 12.7. The minimum atomic E-state index is 0.111. The van der Waals surface area contributed by atoms with Crippen molar-refractivity contribution in [1.29, 1.82) is 0 Å². The zero-order valence-electron chi connectivity index (χ0n) is 11.2. The molecule has 104 valence electrons. The van der Waals surface area contributed by atoms with Crippen LogP contribution >= 0.6 is 0 Å². The van der Waals surface area contributed by atoms with Crippen LogP contribution in [0.15, 0.2) is 16.9 Å². The summed E-state index contributed by atoms with van der Waals surface area (Å²) < 4.78 is 5.74. The highest BCUT2D eigenvalue weighted by Gasteiger charge is 2.25. The molecule has 1 aliphatic rings. The van der Waals surface area contributed by atoms with Gasteiger partial charge in [-0.25, -0.2) is 9.97 Å². The van der Waals surface area contributed by atoms with Gasteiger partial charge in [0.15, 0.2) is 0 Å². The molecule has 3 rings (SSSR count). The Hall–Kier alpha value is -2.31. The van der Waals surface area contributed by atoms with Crippen molar-refractivity contribution in [1.82, 2.24) is 25.1 Å². The van der Waals surface area contributed by atoms with Gasteiger partial charge >= 0.3 is 0 Å². The maximum Gasteiger partial charge on any atom is 0.251 e. The molecule has 1 saturated heterocycles. The molecule has 1 fully saturated rings. The zero-order chi connectivity index (χ0) is 13.9. The minimum Gasteiger partial charge on any atom is -0.420 e. The summed E-state index contributed by atoms with van der Waals surface area (Å²) in [6, 6.07) is 0. The molecule has 7 heteroatoms. The Bertz CT molecular complexity index is 612. The van der Waals surface area contributed by atoms with Crippen molar-refractivity contribution in [2.75, 3.05) is 13.1 Å². The summed E-state index contributed by atoms with van der Waals surface area (Å²) in [6.45, 7) is 3.30. The quantitative estimate of drug-likeness (QED) is 0.780. The number of rotatable bonds is 3. The number of piperidine rings is 1. The maximum absolute atomic E-state index is 10.9. The second kappa shape index (κ2) is 5.36. The lowest BCUT2D eigenvalue weighted by molar-refractivity contribution is -0.119. The van der Waals surface area contributed by atoms with Crippen LogP contribution in [0.4, 0.5) is 0 Å². The molecular weight excluding hydrogens is 258 g/mol. The van der Waals surface area contributed by atoms with Gasteiger partial charge in [-0.2, -0.15) is 0 Å². The topological polar surface area (TPSA) is 85.0 Å². The Labute approximate surface area is 116 Å². The van der Waals surface area contributed by atoms with Crippen LogP contribution in [0.5, 0.6) is 0 Å². The summed E-state index contributed by atoms with van der Waals surface area (Å²) in [5.74, 6) is 1.12. The van der Waals surface area contributed by atoms with Crippen molar-refractivity contribution in [2.24, 2.45) is 0 Å². The fourth-order valence-electron chi connectivity index (χ4n) is 2.41. The molecule has 0 N–H and O–H groups in total. The van der Waals surface area contributed by atoms with Crippen molar-refractivity contribution < 1.29 is 9.21 Å². The first-order valence-electron chi connectivity index (χ1n) is 6.57. The van der Waals surface area contributed by atoms with Crippen LogP contribution in [0.25, 0.3) is 11.5 Å². The number of nitrogens with zero attached hydrogens (tertiary/aromatic N) is 5. The van der Waals surface area contributed by atoms with Gasteiger partial charge in [0.1, 0.15) is 6.33 Å². The molecule has 0 bridgehead atoms. The number of likely N-dealkylation sites (tertiary alicyclic amines) is 1. The van der Waals surface area contributed by atoms with Crippen LogP contribution in [0, 0.1) is 6.92 Å². The fourth-order valence-corrected chi connectivity index (χ4v) is 2.41. The van der Waals surface area contributed by atoms with Gasteiger partial charge in [-0.3, -0.25) is 4.79 Å². The van der Waals surface area contributed by atoms with Gasteiger partial charge in [0.2, 0.25) is 12.3 Å². The molecule has 1 atom stereocenters. The number of hydrogen-bond acceptors (Lipinski definition) is 6. The molecule has 0 unspecified atom stereocenters. The summed E-state index contributed by atoms with van der Waals surface area (Å²) in [6.07, 6.45) is 5.93. The van der Waals surface area contributed by atoms with Crippen molar-refractivity contribution in [2.45, 2.75) is 25.7 Å². The summed E-state index contributed by atoms with van der Waals surface area (Å²) in [5, 5.41) is 8.18. The monoisotopic (exact) mass is 273 g/mol. The molecule has 7 nitrogen and oxygen atoms in total. The van der Waals surface area contributed by atoms with E-state index in [0.29, 0.717) is 18.3 Å². The molecule has 20 heavy (non-hydrogen) atoms. The fraction of sp³-hybridized carbons (Fsp3) is 0.462. The predicted molar refractivity (Wildman–Crippen MR) is 69.7 cm³/mol. The van der Waals surface area contributed by atoms with Gasteiger partial charge in [-0.05, 0) is 19.8 Å². The molecule has 0 aromatic carbocycles. The number of amides is 1. The normalized spacial score (nSPS) is 19.1. The summed E-state index contributed by atoms with van der Waals surface area (Å²) in [7, 11) is 0. The van der Waals surface area contributed by atoms with Crippen LogP contribution in [0.1, 0.15) is 30.3 Å². The Morgan fingerprint density at radius 1 is 1.45 bits per heavy atom. The molecule has 0 aliphatic carbocycles. The van der Waals surface area contributed by atoms with Crippen molar-refractivity contribution in [3.63, 3.8) is 0 Å². The molecule has 1 aliphatic heterocycles. The van der Waals surface area contributed by atoms with E-state index in [1.54, 1.807) is 11.1 Å². The minimum absolute atomic E-state index is 0.111. The summed E-state index contributed by atoms with van der Waals surface area (Å²) in [5.41, 5.74) is 1.54. The van der Waals surface area contributed by atoms with E-state index in [2.05, 4.69) is 20.2 Å².